The van der Waals surface area contributed by atoms with Crippen LogP contribution in [0.4, 0.5) is 8.78 Å². The fourth-order valence-electron chi connectivity index (χ4n) is 0.368. The van der Waals surface area contributed by atoms with E-state index in [4.69, 9.17) is 0 Å². The molecule has 0 N–H and O–H groups in total. The highest BCUT2D eigenvalue weighted by atomic mass is 19.1. The van der Waals surface area contributed by atoms with Crippen LogP contribution in [0, 0.1) is 0 Å². The van der Waals surface area contributed by atoms with Crippen LogP contribution in [0.5, 0.6) is 0 Å². The number of rotatable bonds is 4. The van der Waals surface area contributed by atoms with Crippen molar-refractivity contribution in [1.82, 2.24) is 0 Å². The van der Waals surface area contributed by atoms with Gasteiger partial charge in [0.05, 0.1) is 11.8 Å². The Balaban J connectivity index is 3.80. The van der Waals surface area contributed by atoms with Gasteiger partial charge in [0.15, 0.2) is 0 Å². The van der Waals surface area contributed by atoms with E-state index in [2.05, 4.69) is 9.47 Å². The molecule has 0 unspecified atom stereocenters. The van der Waals surface area contributed by atoms with E-state index < -0.39 is 19.7 Å². The molecule has 0 amide bonds. The summed E-state index contributed by atoms with van der Waals surface area (Å²) in [5.74, 6) is -0.860. The molecule has 64 valence electrons. The van der Waals surface area contributed by atoms with Gasteiger partial charge in [-0.1, -0.05) is 0 Å². The van der Waals surface area contributed by atoms with Crippen molar-refractivity contribution in [1.29, 1.82) is 0 Å². The SMILES string of the molecule is C/C(=C\OCF)C(=O)OCF. The molecule has 3 nitrogen and oxygen atoms in total. The van der Waals surface area contributed by atoms with Gasteiger partial charge in [0, 0.05) is 0 Å². The minimum atomic E-state index is -1.19. The van der Waals surface area contributed by atoms with Crippen molar-refractivity contribution < 1.29 is 23.0 Å². The van der Waals surface area contributed by atoms with Gasteiger partial charge in [0.2, 0.25) is 13.7 Å². The van der Waals surface area contributed by atoms with E-state index in [1.807, 2.05) is 0 Å². The summed E-state index contributed by atoms with van der Waals surface area (Å²) in [5, 5.41) is 0. The number of halogens is 2. The Hall–Kier alpha value is -1.13. The molecule has 5 heteroatoms. The zero-order chi connectivity index (χ0) is 8.69. The molecule has 0 aliphatic heterocycles. The van der Waals surface area contributed by atoms with Crippen molar-refractivity contribution >= 4 is 5.97 Å². The average Bonchev–Trinajstić information content (AvgIpc) is 2.00. The molecular formula is C6H8F2O3. The van der Waals surface area contributed by atoms with Gasteiger partial charge in [-0.2, -0.15) is 0 Å². The van der Waals surface area contributed by atoms with Gasteiger partial charge < -0.3 is 9.47 Å². The Bertz CT molecular complexity index is 156. The highest BCUT2D eigenvalue weighted by Gasteiger charge is 2.04. The van der Waals surface area contributed by atoms with Gasteiger partial charge in [-0.3, -0.25) is 0 Å². The van der Waals surface area contributed by atoms with Crippen LogP contribution < -0.4 is 0 Å². The second-order valence-corrected chi connectivity index (χ2v) is 1.62. The van der Waals surface area contributed by atoms with Crippen LogP contribution in [-0.2, 0) is 14.3 Å². The van der Waals surface area contributed by atoms with Gasteiger partial charge >= 0.3 is 5.97 Å². The summed E-state index contributed by atoms with van der Waals surface area (Å²) < 4.78 is 30.7. The van der Waals surface area contributed by atoms with E-state index in [0.29, 0.717) is 0 Å². The predicted octanol–water partition coefficient (Wildman–Crippen LogP) is 1.30. The minimum Gasteiger partial charge on any atom is -0.470 e. The van der Waals surface area contributed by atoms with Gasteiger partial charge in [-0.25, -0.2) is 13.6 Å². The number of carbonyl (C=O) groups excluding carboxylic acids is 1. The molecule has 0 saturated heterocycles. The Labute approximate surface area is 62.6 Å². The largest absolute Gasteiger partial charge is 0.470 e. The van der Waals surface area contributed by atoms with Gasteiger partial charge in [0.25, 0.3) is 0 Å². The molecule has 0 heterocycles. The molecule has 0 aromatic carbocycles. The standard InChI is InChI=1S/C6H8F2O3/c1-5(2-10-3-7)6(9)11-4-8/h2H,3-4H2,1H3/b5-2+. The summed E-state index contributed by atoms with van der Waals surface area (Å²) in [6.45, 7) is -0.895. The van der Waals surface area contributed by atoms with Crippen molar-refractivity contribution in [3.05, 3.63) is 11.8 Å². The lowest BCUT2D eigenvalue weighted by atomic mass is 10.3. The molecule has 0 fully saturated rings. The fourth-order valence-corrected chi connectivity index (χ4v) is 0.368. The Morgan fingerprint density at radius 1 is 1.45 bits per heavy atom. The van der Waals surface area contributed by atoms with E-state index in [1.54, 1.807) is 0 Å². The van der Waals surface area contributed by atoms with Gasteiger partial charge in [-0.15, -0.1) is 0 Å². The van der Waals surface area contributed by atoms with Crippen LogP contribution in [-0.4, -0.2) is 19.7 Å². The lowest BCUT2D eigenvalue weighted by Gasteiger charge is -1.98. The third kappa shape index (κ3) is 4.30. The molecule has 0 bridgehead atoms. The second-order valence-electron chi connectivity index (χ2n) is 1.62. The van der Waals surface area contributed by atoms with Crippen LogP contribution >= 0.6 is 0 Å². The topological polar surface area (TPSA) is 35.5 Å². The summed E-state index contributed by atoms with van der Waals surface area (Å²) >= 11 is 0. The van der Waals surface area contributed by atoms with Crippen LogP contribution in [0.3, 0.4) is 0 Å². The smallest absolute Gasteiger partial charge is 0.339 e. The number of alkyl halides is 2. The maximum atomic E-state index is 11.3. The van der Waals surface area contributed by atoms with Crippen LogP contribution in [0.15, 0.2) is 11.8 Å². The number of ether oxygens (including phenoxy) is 2. The van der Waals surface area contributed by atoms with Gasteiger partial charge in [0.1, 0.15) is 0 Å². The van der Waals surface area contributed by atoms with Crippen LogP contribution in [0.1, 0.15) is 6.92 Å². The Morgan fingerprint density at radius 2 is 2.09 bits per heavy atom. The van der Waals surface area contributed by atoms with Crippen molar-refractivity contribution in [2.45, 2.75) is 6.92 Å². The number of carbonyl (C=O) groups is 1. The zero-order valence-electron chi connectivity index (χ0n) is 5.97. The second kappa shape index (κ2) is 5.64. The third-order valence-corrected chi connectivity index (χ3v) is 0.831. The van der Waals surface area contributed by atoms with E-state index >= 15 is 0 Å². The first-order chi connectivity index (χ1) is 5.22. The summed E-state index contributed by atoms with van der Waals surface area (Å²) in [5.41, 5.74) is 0.0142. The maximum Gasteiger partial charge on any atom is 0.339 e. The number of hydrogen-bond acceptors (Lipinski definition) is 3. The monoisotopic (exact) mass is 166 g/mol. The molecule has 11 heavy (non-hydrogen) atoms. The summed E-state index contributed by atoms with van der Waals surface area (Å²) in [6, 6.07) is 0. The normalized spacial score (nSPS) is 11.0. The molecule has 0 aliphatic rings. The third-order valence-electron chi connectivity index (χ3n) is 0.831. The Morgan fingerprint density at radius 3 is 2.55 bits per heavy atom. The van der Waals surface area contributed by atoms with E-state index in [-0.39, 0.29) is 5.57 Å². The maximum absolute atomic E-state index is 11.3. The quantitative estimate of drug-likeness (QED) is 0.358. The first kappa shape index (κ1) is 9.87. The van der Waals surface area contributed by atoms with E-state index in [1.165, 1.54) is 6.92 Å². The van der Waals surface area contributed by atoms with Crippen molar-refractivity contribution in [3.63, 3.8) is 0 Å². The molecule has 0 saturated carbocycles. The highest BCUT2D eigenvalue weighted by Crippen LogP contribution is 1.97. The fraction of sp³-hybridized carbons (Fsp3) is 0.500. The lowest BCUT2D eigenvalue weighted by molar-refractivity contribution is -0.143. The van der Waals surface area contributed by atoms with E-state index in [9.17, 15) is 13.6 Å². The van der Waals surface area contributed by atoms with Crippen molar-refractivity contribution in [2.24, 2.45) is 0 Å². The van der Waals surface area contributed by atoms with Crippen molar-refractivity contribution in [3.8, 4) is 0 Å². The summed E-state index contributed by atoms with van der Waals surface area (Å²) in [7, 11) is 0. The van der Waals surface area contributed by atoms with Crippen molar-refractivity contribution in [2.75, 3.05) is 13.7 Å². The number of esters is 1. The average molecular weight is 166 g/mol. The zero-order valence-corrected chi connectivity index (χ0v) is 5.97. The molecule has 0 rings (SSSR count). The molecular weight excluding hydrogens is 158 g/mol. The molecule has 0 atom stereocenters. The summed E-state index contributed by atoms with van der Waals surface area (Å²) in [6.07, 6.45) is 0.873. The molecule has 0 aromatic heterocycles. The van der Waals surface area contributed by atoms with E-state index in [0.717, 1.165) is 6.26 Å². The van der Waals surface area contributed by atoms with Gasteiger partial charge in [-0.05, 0) is 6.92 Å². The number of hydrogen-bond donors (Lipinski definition) is 0. The Kier molecular flexibility index (Phi) is 5.06. The van der Waals surface area contributed by atoms with Crippen LogP contribution in [0.25, 0.3) is 0 Å². The lowest BCUT2D eigenvalue weighted by Crippen LogP contribution is -2.04. The van der Waals surface area contributed by atoms with Crippen LogP contribution in [0.2, 0.25) is 0 Å². The molecule has 0 spiro atoms. The first-order valence-electron chi connectivity index (χ1n) is 2.79. The summed E-state index contributed by atoms with van der Waals surface area (Å²) in [4.78, 5) is 10.5. The molecule has 0 aliphatic carbocycles. The minimum absolute atomic E-state index is 0.0142. The first-order valence-corrected chi connectivity index (χ1v) is 2.79. The highest BCUT2D eigenvalue weighted by molar-refractivity contribution is 5.87. The molecule has 0 radical (unpaired) electrons. The molecule has 0 aromatic rings. The predicted molar refractivity (Wildman–Crippen MR) is 32.9 cm³/mol.